The molecule has 2 aliphatic heterocycles. The Morgan fingerprint density at radius 1 is 1.19 bits per heavy atom. The van der Waals surface area contributed by atoms with E-state index in [2.05, 4.69) is 15.3 Å². The van der Waals surface area contributed by atoms with E-state index in [1.165, 1.54) is 6.20 Å². The maximum absolute atomic E-state index is 13.6. The number of methoxy groups -OCH3 is 1. The van der Waals surface area contributed by atoms with Crippen LogP contribution in [-0.2, 0) is 10.2 Å². The van der Waals surface area contributed by atoms with E-state index >= 15 is 0 Å². The summed E-state index contributed by atoms with van der Waals surface area (Å²) in [4.78, 5) is 47.8. The van der Waals surface area contributed by atoms with Crippen LogP contribution in [0.4, 0.5) is 5.69 Å². The molecule has 0 saturated carbocycles. The average Bonchev–Trinajstić information content (AvgIpc) is 3.33. The molecule has 8 nitrogen and oxygen atoms in total. The Hall–Kier alpha value is -3.94. The number of nitrogens with one attached hydrogen (secondary N) is 2. The maximum atomic E-state index is 13.6. The fourth-order valence-electron chi connectivity index (χ4n) is 4.97. The Balaban J connectivity index is 1.69. The lowest BCUT2D eigenvalue weighted by molar-refractivity contribution is -0.121. The van der Waals surface area contributed by atoms with E-state index in [0.29, 0.717) is 24.5 Å². The smallest absolute Gasteiger partial charge is 0.263 e. The molecule has 1 saturated heterocycles. The highest BCUT2D eigenvalue weighted by Gasteiger charge is 2.59. The number of nitrogens with zero attached hydrogens (tertiary/aromatic N) is 2. The van der Waals surface area contributed by atoms with Crippen LogP contribution < -0.4 is 15.6 Å². The lowest BCUT2D eigenvalue weighted by atomic mass is 9.72. The second-order valence-corrected chi connectivity index (χ2v) is 8.11. The molecule has 2 N–H and O–H groups in total. The standard InChI is InChI=1S/C24H22N4O4/c1-14-25-13-17(21(29)26-14)22(30)28-11-10-24(18-8-3-4-9-19(18)27-23(24)31)20(28)15-6-5-7-16(12-15)32-2/h3-9,12-13,20H,10-11H2,1-2H3,(H,27,31)(H,25,26,29). The summed E-state index contributed by atoms with van der Waals surface area (Å²) in [7, 11) is 1.57. The molecule has 0 bridgehead atoms. The predicted molar refractivity (Wildman–Crippen MR) is 118 cm³/mol. The molecular formula is C24H22N4O4. The number of hydrogen-bond acceptors (Lipinski definition) is 5. The van der Waals surface area contributed by atoms with E-state index < -0.39 is 22.9 Å². The molecular weight excluding hydrogens is 408 g/mol. The van der Waals surface area contributed by atoms with Crippen molar-refractivity contribution in [3.8, 4) is 5.75 Å². The minimum absolute atomic E-state index is 0.0489. The number of aromatic amines is 1. The fraction of sp³-hybridized carbons (Fsp3) is 0.250. The Morgan fingerprint density at radius 3 is 2.78 bits per heavy atom. The van der Waals surface area contributed by atoms with Gasteiger partial charge in [0.25, 0.3) is 11.5 Å². The SMILES string of the molecule is COc1cccc(C2N(C(=O)c3cnc(C)[nH]c3=O)CCC23C(=O)Nc2ccccc23)c1. The largest absolute Gasteiger partial charge is 0.497 e. The van der Waals surface area contributed by atoms with E-state index in [1.807, 2.05) is 48.5 Å². The zero-order valence-corrected chi connectivity index (χ0v) is 17.7. The molecule has 32 heavy (non-hydrogen) atoms. The molecule has 2 atom stereocenters. The monoisotopic (exact) mass is 430 g/mol. The van der Waals surface area contributed by atoms with Gasteiger partial charge in [0.2, 0.25) is 5.91 Å². The molecule has 1 aromatic heterocycles. The van der Waals surface area contributed by atoms with Gasteiger partial charge in [-0.05, 0) is 42.7 Å². The summed E-state index contributed by atoms with van der Waals surface area (Å²) in [6, 6.07) is 14.3. The van der Waals surface area contributed by atoms with Gasteiger partial charge >= 0.3 is 0 Å². The van der Waals surface area contributed by atoms with Crippen molar-refractivity contribution in [2.75, 3.05) is 19.0 Å². The van der Waals surface area contributed by atoms with Gasteiger partial charge in [0.15, 0.2) is 0 Å². The second-order valence-electron chi connectivity index (χ2n) is 8.11. The third-order valence-corrected chi connectivity index (χ3v) is 6.41. The summed E-state index contributed by atoms with van der Waals surface area (Å²) in [6.07, 6.45) is 1.73. The van der Waals surface area contributed by atoms with Crippen molar-refractivity contribution < 1.29 is 14.3 Å². The molecule has 0 aliphatic carbocycles. The number of carbonyl (C=O) groups is 2. The number of aromatic nitrogens is 2. The number of H-pyrrole nitrogens is 1. The number of benzene rings is 2. The molecule has 5 rings (SSSR count). The van der Waals surface area contributed by atoms with E-state index in [4.69, 9.17) is 4.74 Å². The number of carbonyl (C=O) groups excluding carboxylic acids is 2. The van der Waals surface area contributed by atoms with Crippen LogP contribution in [0.3, 0.4) is 0 Å². The first kappa shape index (κ1) is 20.0. The number of fused-ring (bicyclic) bond motifs is 2. The van der Waals surface area contributed by atoms with E-state index in [1.54, 1.807) is 18.9 Å². The molecule has 1 fully saturated rings. The van der Waals surface area contributed by atoms with Gasteiger partial charge in [-0.15, -0.1) is 0 Å². The van der Waals surface area contributed by atoms with Gasteiger partial charge in [0, 0.05) is 18.4 Å². The van der Waals surface area contributed by atoms with Crippen molar-refractivity contribution in [2.24, 2.45) is 0 Å². The van der Waals surface area contributed by atoms with Crippen molar-refractivity contribution in [3.05, 3.63) is 87.6 Å². The Labute approximate surface area is 184 Å². The highest BCUT2D eigenvalue weighted by Crippen LogP contribution is 2.55. The lowest BCUT2D eigenvalue weighted by Gasteiger charge is -2.34. The van der Waals surface area contributed by atoms with Crippen molar-refractivity contribution in [1.29, 1.82) is 0 Å². The van der Waals surface area contributed by atoms with Gasteiger partial charge in [-0.3, -0.25) is 14.4 Å². The minimum Gasteiger partial charge on any atom is -0.497 e. The number of hydrogen-bond donors (Lipinski definition) is 2. The van der Waals surface area contributed by atoms with E-state index in [-0.39, 0.29) is 11.5 Å². The van der Waals surface area contributed by atoms with Crippen LogP contribution in [0.2, 0.25) is 0 Å². The van der Waals surface area contributed by atoms with Crippen LogP contribution in [0, 0.1) is 6.92 Å². The molecule has 0 radical (unpaired) electrons. The van der Waals surface area contributed by atoms with Gasteiger partial charge in [-0.2, -0.15) is 0 Å². The normalized spacial score (nSPS) is 21.5. The third kappa shape index (κ3) is 2.83. The summed E-state index contributed by atoms with van der Waals surface area (Å²) in [5.41, 5.74) is 0.845. The first-order valence-corrected chi connectivity index (χ1v) is 10.4. The van der Waals surface area contributed by atoms with Gasteiger partial charge < -0.3 is 19.9 Å². The first-order valence-electron chi connectivity index (χ1n) is 10.4. The number of amides is 2. The van der Waals surface area contributed by atoms with Crippen LogP contribution in [0.1, 0.15) is 39.8 Å². The maximum Gasteiger partial charge on any atom is 0.263 e. The molecule has 2 aliphatic rings. The van der Waals surface area contributed by atoms with Crippen molar-refractivity contribution >= 4 is 17.5 Å². The van der Waals surface area contributed by atoms with Crippen molar-refractivity contribution in [3.63, 3.8) is 0 Å². The average molecular weight is 430 g/mol. The quantitative estimate of drug-likeness (QED) is 0.665. The molecule has 8 heteroatoms. The van der Waals surface area contributed by atoms with E-state index in [0.717, 1.165) is 16.8 Å². The van der Waals surface area contributed by atoms with Crippen molar-refractivity contribution in [1.82, 2.24) is 14.9 Å². The van der Waals surface area contributed by atoms with Crippen LogP contribution >= 0.6 is 0 Å². The highest BCUT2D eigenvalue weighted by molar-refractivity contribution is 6.08. The number of rotatable bonds is 3. The minimum atomic E-state index is -0.969. The summed E-state index contributed by atoms with van der Waals surface area (Å²) in [5, 5.41) is 2.99. The number of anilines is 1. The molecule has 3 heterocycles. The molecule has 1 spiro atoms. The topological polar surface area (TPSA) is 104 Å². The van der Waals surface area contributed by atoms with Crippen LogP contribution in [0.15, 0.2) is 59.5 Å². The molecule has 3 aromatic rings. The van der Waals surface area contributed by atoms with Crippen LogP contribution in [-0.4, -0.2) is 40.3 Å². The van der Waals surface area contributed by atoms with Gasteiger partial charge in [0.1, 0.15) is 22.6 Å². The van der Waals surface area contributed by atoms with Gasteiger partial charge in [-0.25, -0.2) is 4.98 Å². The van der Waals surface area contributed by atoms with Gasteiger partial charge in [-0.1, -0.05) is 30.3 Å². The fourth-order valence-corrected chi connectivity index (χ4v) is 4.97. The number of ether oxygens (including phenoxy) is 1. The van der Waals surface area contributed by atoms with E-state index in [9.17, 15) is 14.4 Å². The predicted octanol–water partition coefficient (Wildman–Crippen LogP) is 2.56. The first-order chi connectivity index (χ1) is 15.5. The zero-order chi connectivity index (χ0) is 22.5. The summed E-state index contributed by atoms with van der Waals surface area (Å²) in [5.74, 6) is 0.440. The van der Waals surface area contributed by atoms with Crippen molar-refractivity contribution in [2.45, 2.75) is 24.8 Å². The number of likely N-dealkylation sites (tertiary alicyclic amines) is 1. The highest BCUT2D eigenvalue weighted by atomic mass is 16.5. The number of aryl methyl sites for hydroxylation is 1. The molecule has 2 unspecified atom stereocenters. The van der Waals surface area contributed by atoms with Crippen LogP contribution in [0.5, 0.6) is 5.75 Å². The summed E-state index contributed by atoms with van der Waals surface area (Å²) < 4.78 is 5.41. The zero-order valence-electron chi connectivity index (χ0n) is 17.7. The Kier molecular flexibility index (Phi) is 4.58. The molecule has 2 amide bonds. The number of para-hydroxylation sites is 1. The molecule has 162 valence electrons. The Bertz CT molecular complexity index is 1300. The molecule has 2 aromatic carbocycles. The Morgan fingerprint density at radius 2 is 2.00 bits per heavy atom. The second kappa shape index (κ2) is 7.33. The summed E-state index contributed by atoms with van der Waals surface area (Å²) in [6.45, 7) is 1.97. The van der Waals surface area contributed by atoms with Crippen LogP contribution in [0.25, 0.3) is 0 Å². The lowest BCUT2D eigenvalue weighted by Crippen LogP contribution is -2.43. The van der Waals surface area contributed by atoms with Gasteiger partial charge in [0.05, 0.1) is 13.2 Å². The summed E-state index contributed by atoms with van der Waals surface area (Å²) >= 11 is 0. The third-order valence-electron chi connectivity index (χ3n) is 6.41.